The minimum atomic E-state index is -0.112. The molecule has 1 aliphatic rings. The summed E-state index contributed by atoms with van der Waals surface area (Å²) in [4.78, 5) is 0. The Morgan fingerprint density at radius 2 is 2.17 bits per heavy atom. The van der Waals surface area contributed by atoms with E-state index in [2.05, 4.69) is 12.2 Å². The van der Waals surface area contributed by atoms with Crippen LogP contribution in [0.3, 0.4) is 0 Å². The Kier molecular flexibility index (Phi) is 4.25. The minimum absolute atomic E-state index is 0.112. The molecule has 0 bridgehead atoms. The van der Waals surface area contributed by atoms with Gasteiger partial charge < -0.3 is 15.5 Å². The van der Waals surface area contributed by atoms with Crippen molar-refractivity contribution in [2.75, 3.05) is 6.54 Å². The smallest absolute Gasteiger partial charge is 0.120 e. The van der Waals surface area contributed by atoms with Crippen molar-refractivity contribution in [2.45, 2.75) is 45.3 Å². The number of hydrogen-bond donors (Lipinski definition) is 3. The van der Waals surface area contributed by atoms with Gasteiger partial charge in [0.2, 0.25) is 0 Å². The van der Waals surface area contributed by atoms with Crippen molar-refractivity contribution in [2.24, 2.45) is 5.92 Å². The van der Waals surface area contributed by atoms with Gasteiger partial charge in [-0.15, -0.1) is 0 Å². The molecule has 0 amide bonds. The maximum atomic E-state index is 9.86. The largest absolute Gasteiger partial charge is 0.508 e. The Bertz CT molecular complexity index is 405. The van der Waals surface area contributed by atoms with Crippen LogP contribution < -0.4 is 5.32 Å². The minimum Gasteiger partial charge on any atom is -0.508 e. The Labute approximate surface area is 109 Å². The van der Waals surface area contributed by atoms with Gasteiger partial charge in [0.25, 0.3) is 0 Å². The summed E-state index contributed by atoms with van der Waals surface area (Å²) in [6, 6.07) is 5.83. The summed E-state index contributed by atoms with van der Waals surface area (Å²) in [5, 5.41) is 22.8. The normalized spacial score (nSPS) is 25.3. The van der Waals surface area contributed by atoms with Gasteiger partial charge in [0, 0.05) is 11.6 Å². The fourth-order valence-electron chi connectivity index (χ4n) is 2.71. The molecule has 0 aliphatic heterocycles. The van der Waals surface area contributed by atoms with Crippen molar-refractivity contribution in [3.05, 3.63) is 29.3 Å². The maximum Gasteiger partial charge on any atom is 0.120 e. The lowest BCUT2D eigenvalue weighted by Crippen LogP contribution is -2.25. The van der Waals surface area contributed by atoms with E-state index in [1.54, 1.807) is 6.07 Å². The Balaban J connectivity index is 1.91. The summed E-state index contributed by atoms with van der Waals surface area (Å²) in [5.74, 6) is 0.918. The zero-order valence-electron chi connectivity index (χ0n) is 11.2. The second-order valence-corrected chi connectivity index (χ2v) is 5.53. The number of phenolic OH excluding ortho intramolecular Hbond substituents is 1. The quantitative estimate of drug-likeness (QED) is 0.768. The van der Waals surface area contributed by atoms with E-state index in [-0.39, 0.29) is 12.1 Å². The molecule has 3 atom stereocenters. The fourth-order valence-corrected chi connectivity index (χ4v) is 2.71. The predicted molar refractivity (Wildman–Crippen MR) is 72.6 cm³/mol. The molecule has 3 N–H and O–H groups in total. The molecule has 100 valence electrons. The van der Waals surface area contributed by atoms with Gasteiger partial charge in [-0.1, -0.05) is 17.7 Å². The first-order valence-corrected chi connectivity index (χ1v) is 6.77. The van der Waals surface area contributed by atoms with Crippen LogP contribution in [0.25, 0.3) is 0 Å². The standard InChI is InChI=1S/C15H23NO2/c1-10-3-6-15(18)14(7-10)11(2)16-9-12-4-5-13(17)8-12/h3,6-7,11-13,16-18H,4-5,8-9H2,1-2H3. The number of rotatable bonds is 4. The summed E-state index contributed by atoms with van der Waals surface area (Å²) >= 11 is 0. The van der Waals surface area contributed by atoms with Crippen LogP contribution in [0.2, 0.25) is 0 Å². The van der Waals surface area contributed by atoms with Crippen LogP contribution in [-0.4, -0.2) is 22.9 Å². The number of nitrogens with one attached hydrogen (secondary N) is 1. The lowest BCUT2D eigenvalue weighted by atomic mass is 10.0. The Hall–Kier alpha value is -1.06. The van der Waals surface area contributed by atoms with E-state index < -0.39 is 0 Å². The average Bonchev–Trinajstić information content (AvgIpc) is 2.75. The molecule has 1 aliphatic carbocycles. The summed E-state index contributed by atoms with van der Waals surface area (Å²) < 4.78 is 0. The van der Waals surface area contributed by atoms with Gasteiger partial charge in [0.05, 0.1) is 6.10 Å². The van der Waals surface area contributed by atoms with E-state index >= 15 is 0 Å². The SMILES string of the molecule is Cc1ccc(O)c(C(C)NCC2CCC(O)C2)c1. The second kappa shape index (κ2) is 5.72. The number of benzene rings is 1. The van der Waals surface area contributed by atoms with E-state index in [9.17, 15) is 10.2 Å². The molecule has 1 aromatic carbocycles. The third-order valence-corrected chi connectivity index (χ3v) is 3.88. The molecule has 3 heteroatoms. The third kappa shape index (κ3) is 3.24. The Morgan fingerprint density at radius 1 is 1.39 bits per heavy atom. The first-order chi connectivity index (χ1) is 8.56. The van der Waals surface area contributed by atoms with E-state index in [0.717, 1.165) is 36.9 Å². The lowest BCUT2D eigenvalue weighted by molar-refractivity contribution is 0.177. The fraction of sp³-hybridized carbons (Fsp3) is 0.600. The predicted octanol–water partition coefficient (Wildman–Crippen LogP) is 2.51. The third-order valence-electron chi connectivity index (χ3n) is 3.88. The van der Waals surface area contributed by atoms with Gasteiger partial charge in [0.15, 0.2) is 0 Å². The monoisotopic (exact) mass is 249 g/mol. The molecule has 0 radical (unpaired) electrons. The van der Waals surface area contributed by atoms with Crippen LogP contribution in [0, 0.1) is 12.8 Å². The van der Waals surface area contributed by atoms with Gasteiger partial charge >= 0.3 is 0 Å². The molecule has 1 saturated carbocycles. The first kappa shape index (κ1) is 13.4. The van der Waals surface area contributed by atoms with Gasteiger partial charge in [-0.05, 0) is 51.6 Å². The molecular weight excluding hydrogens is 226 g/mol. The highest BCUT2D eigenvalue weighted by Crippen LogP contribution is 2.28. The van der Waals surface area contributed by atoms with Crippen LogP contribution in [-0.2, 0) is 0 Å². The summed E-state index contributed by atoms with van der Waals surface area (Å²) in [6.45, 7) is 5.01. The van der Waals surface area contributed by atoms with Crippen LogP contribution in [0.15, 0.2) is 18.2 Å². The molecule has 18 heavy (non-hydrogen) atoms. The van der Waals surface area contributed by atoms with E-state index in [1.807, 2.05) is 19.1 Å². The second-order valence-electron chi connectivity index (χ2n) is 5.53. The number of aryl methyl sites for hydroxylation is 1. The molecule has 0 saturated heterocycles. The molecule has 2 rings (SSSR count). The number of phenols is 1. The van der Waals surface area contributed by atoms with Crippen molar-refractivity contribution in [1.29, 1.82) is 0 Å². The highest BCUT2D eigenvalue weighted by atomic mass is 16.3. The molecule has 0 aromatic heterocycles. The zero-order valence-corrected chi connectivity index (χ0v) is 11.2. The van der Waals surface area contributed by atoms with Gasteiger partial charge in [-0.3, -0.25) is 0 Å². The average molecular weight is 249 g/mol. The van der Waals surface area contributed by atoms with Crippen molar-refractivity contribution >= 4 is 0 Å². The highest BCUT2D eigenvalue weighted by Gasteiger charge is 2.23. The molecule has 1 aromatic rings. The van der Waals surface area contributed by atoms with Crippen molar-refractivity contribution < 1.29 is 10.2 Å². The molecular formula is C15H23NO2. The Morgan fingerprint density at radius 3 is 2.83 bits per heavy atom. The number of aromatic hydroxyl groups is 1. The first-order valence-electron chi connectivity index (χ1n) is 6.77. The van der Waals surface area contributed by atoms with Crippen LogP contribution in [0.1, 0.15) is 43.4 Å². The highest BCUT2D eigenvalue weighted by molar-refractivity contribution is 5.37. The van der Waals surface area contributed by atoms with Crippen LogP contribution >= 0.6 is 0 Å². The topological polar surface area (TPSA) is 52.5 Å². The van der Waals surface area contributed by atoms with E-state index in [0.29, 0.717) is 11.7 Å². The zero-order chi connectivity index (χ0) is 13.1. The van der Waals surface area contributed by atoms with Crippen LogP contribution in [0.5, 0.6) is 5.75 Å². The number of aliphatic hydroxyl groups is 1. The number of hydrogen-bond acceptors (Lipinski definition) is 3. The van der Waals surface area contributed by atoms with Crippen molar-refractivity contribution in [3.63, 3.8) is 0 Å². The molecule has 3 unspecified atom stereocenters. The summed E-state index contributed by atoms with van der Waals surface area (Å²) in [7, 11) is 0. The van der Waals surface area contributed by atoms with Gasteiger partial charge in [0.1, 0.15) is 5.75 Å². The van der Waals surface area contributed by atoms with Gasteiger partial charge in [-0.25, -0.2) is 0 Å². The van der Waals surface area contributed by atoms with Crippen molar-refractivity contribution in [3.8, 4) is 5.75 Å². The number of aliphatic hydroxyl groups excluding tert-OH is 1. The van der Waals surface area contributed by atoms with Crippen molar-refractivity contribution in [1.82, 2.24) is 5.32 Å². The molecule has 1 fully saturated rings. The molecule has 0 heterocycles. The van der Waals surface area contributed by atoms with Gasteiger partial charge in [-0.2, -0.15) is 0 Å². The summed E-state index contributed by atoms with van der Waals surface area (Å²) in [6.07, 6.45) is 2.82. The molecule has 3 nitrogen and oxygen atoms in total. The van der Waals surface area contributed by atoms with Crippen LogP contribution in [0.4, 0.5) is 0 Å². The molecule has 0 spiro atoms. The lowest BCUT2D eigenvalue weighted by Gasteiger charge is -2.19. The maximum absolute atomic E-state index is 9.86. The van der Waals surface area contributed by atoms with E-state index in [1.165, 1.54) is 0 Å². The summed E-state index contributed by atoms with van der Waals surface area (Å²) in [5.41, 5.74) is 2.11. The van der Waals surface area contributed by atoms with E-state index in [4.69, 9.17) is 0 Å².